The SMILES string of the molecule is Cc1ccccc1CNC(=O)c1ccc2nccn2c1. The second-order valence-corrected chi connectivity index (χ2v) is 4.72. The minimum Gasteiger partial charge on any atom is -0.348 e. The zero-order chi connectivity index (χ0) is 13.9. The molecule has 3 rings (SSSR count). The number of nitrogens with one attached hydrogen (secondary N) is 1. The van der Waals surface area contributed by atoms with Crippen LogP contribution in [0.5, 0.6) is 0 Å². The summed E-state index contributed by atoms with van der Waals surface area (Å²) in [6, 6.07) is 11.7. The molecule has 0 radical (unpaired) electrons. The lowest BCUT2D eigenvalue weighted by molar-refractivity contribution is 0.0950. The highest BCUT2D eigenvalue weighted by atomic mass is 16.1. The second kappa shape index (κ2) is 5.17. The second-order valence-electron chi connectivity index (χ2n) is 4.72. The predicted octanol–water partition coefficient (Wildman–Crippen LogP) is 2.57. The van der Waals surface area contributed by atoms with Crippen LogP contribution in [0.25, 0.3) is 5.65 Å². The van der Waals surface area contributed by atoms with E-state index in [2.05, 4.69) is 10.3 Å². The first-order chi connectivity index (χ1) is 9.74. The summed E-state index contributed by atoms with van der Waals surface area (Å²) in [7, 11) is 0. The van der Waals surface area contributed by atoms with Gasteiger partial charge >= 0.3 is 0 Å². The number of hydrogen-bond donors (Lipinski definition) is 1. The molecule has 0 fully saturated rings. The van der Waals surface area contributed by atoms with E-state index < -0.39 is 0 Å². The van der Waals surface area contributed by atoms with Crippen molar-refractivity contribution in [2.24, 2.45) is 0 Å². The number of benzene rings is 1. The van der Waals surface area contributed by atoms with Gasteiger partial charge in [-0.15, -0.1) is 0 Å². The van der Waals surface area contributed by atoms with Gasteiger partial charge in [-0.25, -0.2) is 4.98 Å². The summed E-state index contributed by atoms with van der Waals surface area (Å²) < 4.78 is 1.84. The summed E-state index contributed by atoms with van der Waals surface area (Å²) in [5.41, 5.74) is 3.77. The highest BCUT2D eigenvalue weighted by molar-refractivity contribution is 5.94. The highest BCUT2D eigenvalue weighted by Crippen LogP contribution is 2.08. The molecule has 0 aliphatic carbocycles. The van der Waals surface area contributed by atoms with Gasteiger partial charge in [-0.05, 0) is 30.2 Å². The number of rotatable bonds is 3. The molecule has 0 aliphatic heterocycles. The van der Waals surface area contributed by atoms with Crippen LogP contribution in [0.4, 0.5) is 0 Å². The Balaban J connectivity index is 1.74. The number of aromatic nitrogens is 2. The topological polar surface area (TPSA) is 46.4 Å². The number of nitrogens with zero attached hydrogens (tertiary/aromatic N) is 2. The van der Waals surface area contributed by atoms with Crippen molar-refractivity contribution in [3.63, 3.8) is 0 Å². The lowest BCUT2D eigenvalue weighted by Crippen LogP contribution is -2.23. The van der Waals surface area contributed by atoms with Gasteiger partial charge in [-0.3, -0.25) is 4.79 Å². The molecule has 2 aromatic heterocycles. The van der Waals surface area contributed by atoms with Crippen LogP contribution in [0.2, 0.25) is 0 Å². The average molecular weight is 265 g/mol. The van der Waals surface area contributed by atoms with Gasteiger partial charge in [0.1, 0.15) is 5.65 Å². The van der Waals surface area contributed by atoms with Crippen molar-refractivity contribution >= 4 is 11.6 Å². The molecular formula is C16H15N3O. The molecule has 0 atom stereocenters. The molecule has 4 nitrogen and oxygen atoms in total. The largest absolute Gasteiger partial charge is 0.348 e. The molecule has 0 aliphatic rings. The molecule has 3 aromatic rings. The van der Waals surface area contributed by atoms with Crippen molar-refractivity contribution in [1.29, 1.82) is 0 Å². The smallest absolute Gasteiger partial charge is 0.253 e. The fourth-order valence-electron chi connectivity index (χ4n) is 2.14. The maximum Gasteiger partial charge on any atom is 0.253 e. The summed E-state index contributed by atoms with van der Waals surface area (Å²) in [6.45, 7) is 2.58. The summed E-state index contributed by atoms with van der Waals surface area (Å²) in [5.74, 6) is -0.0798. The Kier molecular flexibility index (Phi) is 3.21. The molecule has 0 saturated carbocycles. The van der Waals surface area contributed by atoms with E-state index in [0.717, 1.165) is 11.2 Å². The molecular weight excluding hydrogens is 250 g/mol. The molecule has 0 unspecified atom stereocenters. The molecule has 0 spiro atoms. The Hall–Kier alpha value is -2.62. The lowest BCUT2D eigenvalue weighted by atomic mass is 10.1. The van der Waals surface area contributed by atoms with E-state index in [1.165, 1.54) is 5.56 Å². The van der Waals surface area contributed by atoms with Crippen molar-refractivity contribution in [2.45, 2.75) is 13.5 Å². The molecule has 20 heavy (non-hydrogen) atoms. The van der Waals surface area contributed by atoms with Crippen LogP contribution in [-0.2, 0) is 6.54 Å². The average Bonchev–Trinajstić information content (AvgIpc) is 2.93. The number of hydrogen-bond acceptors (Lipinski definition) is 2. The van der Waals surface area contributed by atoms with E-state index in [1.54, 1.807) is 18.5 Å². The van der Waals surface area contributed by atoms with E-state index in [1.807, 2.05) is 47.9 Å². The molecule has 2 heterocycles. The van der Waals surface area contributed by atoms with Crippen LogP contribution in [0.15, 0.2) is 55.0 Å². The van der Waals surface area contributed by atoms with Gasteiger partial charge in [0.25, 0.3) is 5.91 Å². The van der Waals surface area contributed by atoms with Crippen LogP contribution < -0.4 is 5.32 Å². The fraction of sp³-hybridized carbons (Fsp3) is 0.125. The quantitative estimate of drug-likeness (QED) is 0.791. The predicted molar refractivity (Wildman–Crippen MR) is 77.5 cm³/mol. The third-order valence-electron chi connectivity index (χ3n) is 3.35. The Labute approximate surface area is 117 Å². The molecule has 1 aromatic carbocycles. The molecule has 1 amide bonds. The van der Waals surface area contributed by atoms with Crippen molar-refractivity contribution in [2.75, 3.05) is 0 Å². The Morgan fingerprint density at radius 1 is 1.25 bits per heavy atom. The minimum atomic E-state index is -0.0798. The fourth-order valence-corrected chi connectivity index (χ4v) is 2.14. The molecule has 0 saturated heterocycles. The summed E-state index contributed by atoms with van der Waals surface area (Å²) in [4.78, 5) is 16.3. The van der Waals surface area contributed by atoms with E-state index >= 15 is 0 Å². The van der Waals surface area contributed by atoms with Gasteiger partial charge in [0.2, 0.25) is 0 Å². The Morgan fingerprint density at radius 3 is 2.95 bits per heavy atom. The van der Waals surface area contributed by atoms with E-state index in [-0.39, 0.29) is 5.91 Å². The van der Waals surface area contributed by atoms with Crippen molar-refractivity contribution < 1.29 is 4.79 Å². The number of amides is 1. The number of carbonyl (C=O) groups is 1. The summed E-state index contributed by atoms with van der Waals surface area (Å²) >= 11 is 0. The summed E-state index contributed by atoms with van der Waals surface area (Å²) in [5, 5.41) is 2.94. The third-order valence-corrected chi connectivity index (χ3v) is 3.35. The number of aryl methyl sites for hydroxylation is 1. The van der Waals surface area contributed by atoms with Crippen LogP contribution in [-0.4, -0.2) is 15.3 Å². The van der Waals surface area contributed by atoms with Crippen LogP contribution >= 0.6 is 0 Å². The molecule has 4 heteroatoms. The normalized spacial score (nSPS) is 10.7. The number of pyridine rings is 1. The van der Waals surface area contributed by atoms with Crippen LogP contribution in [0, 0.1) is 6.92 Å². The van der Waals surface area contributed by atoms with Gasteiger partial charge in [0.05, 0.1) is 5.56 Å². The maximum absolute atomic E-state index is 12.2. The number of carbonyl (C=O) groups excluding carboxylic acids is 1. The van der Waals surface area contributed by atoms with Crippen molar-refractivity contribution in [3.8, 4) is 0 Å². The molecule has 0 bridgehead atoms. The first-order valence-corrected chi connectivity index (χ1v) is 6.49. The zero-order valence-corrected chi connectivity index (χ0v) is 11.2. The molecule has 100 valence electrons. The van der Waals surface area contributed by atoms with E-state index in [9.17, 15) is 4.79 Å². The van der Waals surface area contributed by atoms with Crippen molar-refractivity contribution in [3.05, 3.63) is 71.7 Å². The Bertz CT molecular complexity index is 761. The van der Waals surface area contributed by atoms with Gasteiger partial charge in [-0.2, -0.15) is 0 Å². The standard InChI is InChI=1S/C16H15N3O/c1-12-4-2-3-5-13(12)10-18-16(20)14-6-7-15-17-8-9-19(15)11-14/h2-9,11H,10H2,1H3,(H,18,20). The molecule has 1 N–H and O–H groups in total. The summed E-state index contributed by atoms with van der Waals surface area (Å²) in [6.07, 6.45) is 5.33. The van der Waals surface area contributed by atoms with Gasteiger partial charge in [0.15, 0.2) is 0 Å². The first-order valence-electron chi connectivity index (χ1n) is 6.49. The number of imidazole rings is 1. The lowest BCUT2D eigenvalue weighted by Gasteiger charge is -2.08. The zero-order valence-electron chi connectivity index (χ0n) is 11.2. The minimum absolute atomic E-state index is 0.0798. The Morgan fingerprint density at radius 2 is 2.10 bits per heavy atom. The highest BCUT2D eigenvalue weighted by Gasteiger charge is 2.07. The van der Waals surface area contributed by atoms with Crippen molar-refractivity contribution in [1.82, 2.24) is 14.7 Å². The van der Waals surface area contributed by atoms with Crippen LogP contribution in [0.3, 0.4) is 0 Å². The van der Waals surface area contributed by atoms with Gasteiger partial charge < -0.3 is 9.72 Å². The van der Waals surface area contributed by atoms with E-state index in [0.29, 0.717) is 12.1 Å². The van der Waals surface area contributed by atoms with Gasteiger partial charge in [-0.1, -0.05) is 24.3 Å². The maximum atomic E-state index is 12.2. The van der Waals surface area contributed by atoms with Gasteiger partial charge in [0, 0.05) is 25.1 Å². The monoisotopic (exact) mass is 265 g/mol. The first kappa shape index (κ1) is 12.4. The third kappa shape index (κ3) is 2.40. The van der Waals surface area contributed by atoms with Crippen LogP contribution in [0.1, 0.15) is 21.5 Å². The number of fused-ring (bicyclic) bond motifs is 1. The van der Waals surface area contributed by atoms with E-state index in [4.69, 9.17) is 0 Å².